The van der Waals surface area contributed by atoms with Crippen LogP contribution >= 0.6 is 11.3 Å². The molecule has 4 rings (SSSR count). The van der Waals surface area contributed by atoms with Crippen LogP contribution in [-0.2, 0) is 9.53 Å². The van der Waals surface area contributed by atoms with Crippen molar-refractivity contribution in [2.75, 3.05) is 24.9 Å². The van der Waals surface area contributed by atoms with Gasteiger partial charge in [-0.05, 0) is 55.5 Å². The number of hydrogen-bond acceptors (Lipinski definition) is 9. The molecule has 174 valence electrons. The number of amides is 1. The summed E-state index contributed by atoms with van der Waals surface area (Å²) in [7, 11) is 2.77. The molecule has 0 radical (unpaired) electrons. The van der Waals surface area contributed by atoms with Gasteiger partial charge < -0.3 is 14.8 Å². The Balaban J connectivity index is 1.32. The lowest BCUT2D eigenvalue weighted by Gasteiger charge is -2.28. The van der Waals surface area contributed by atoms with Gasteiger partial charge in [-0.25, -0.2) is 4.39 Å². The molecular formula is C22H25FN6O3S. The highest BCUT2D eigenvalue weighted by atomic mass is 32.1. The van der Waals surface area contributed by atoms with Crippen LogP contribution in [0.3, 0.4) is 0 Å². The molecule has 1 fully saturated rings. The summed E-state index contributed by atoms with van der Waals surface area (Å²) in [6.45, 7) is 0. The predicted octanol–water partition coefficient (Wildman–Crippen LogP) is 3.94. The van der Waals surface area contributed by atoms with Crippen LogP contribution in [0.5, 0.6) is 5.75 Å². The topological polar surface area (TPSA) is 111 Å². The zero-order valence-corrected chi connectivity index (χ0v) is 19.1. The summed E-state index contributed by atoms with van der Waals surface area (Å²) in [5.41, 5.74) is 1.51. The molecule has 0 spiro atoms. The third-order valence-electron chi connectivity index (χ3n) is 5.67. The summed E-state index contributed by atoms with van der Waals surface area (Å²) in [4.78, 5) is 12.7. The second-order valence-corrected chi connectivity index (χ2v) is 8.73. The van der Waals surface area contributed by atoms with Gasteiger partial charge in [-0.3, -0.25) is 10.1 Å². The molecule has 1 atom stereocenters. The van der Waals surface area contributed by atoms with Gasteiger partial charge >= 0.3 is 0 Å². The predicted molar refractivity (Wildman–Crippen MR) is 122 cm³/mol. The molecule has 1 aliphatic carbocycles. The molecule has 1 aromatic carbocycles. The Hall–Kier alpha value is -3.18. The highest BCUT2D eigenvalue weighted by Gasteiger charge is 2.25. The number of methoxy groups -OCH3 is 2. The maximum Gasteiger partial charge on any atom is 0.259 e. The van der Waals surface area contributed by atoms with Gasteiger partial charge in [0.25, 0.3) is 5.91 Å². The molecule has 0 bridgehead atoms. The van der Waals surface area contributed by atoms with Crippen molar-refractivity contribution >= 4 is 27.5 Å². The van der Waals surface area contributed by atoms with Gasteiger partial charge in [0.1, 0.15) is 0 Å². The van der Waals surface area contributed by atoms with E-state index in [9.17, 15) is 9.18 Å². The van der Waals surface area contributed by atoms with E-state index in [0.717, 1.165) is 31.4 Å². The lowest BCUT2D eigenvalue weighted by atomic mass is 9.84. The van der Waals surface area contributed by atoms with Crippen LogP contribution in [0.1, 0.15) is 49.0 Å². The van der Waals surface area contributed by atoms with Gasteiger partial charge in [-0.15, -0.1) is 10.2 Å². The number of nitrogens with one attached hydrogen (secondary N) is 2. The van der Waals surface area contributed by atoms with E-state index in [1.165, 1.54) is 43.8 Å². The summed E-state index contributed by atoms with van der Waals surface area (Å²) >= 11 is 1.26. The van der Waals surface area contributed by atoms with Crippen LogP contribution in [-0.4, -0.2) is 46.6 Å². The van der Waals surface area contributed by atoms with Crippen LogP contribution in [0.2, 0.25) is 0 Å². The van der Waals surface area contributed by atoms with E-state index in [4.69, 9.17) is 9.47 Å². The standard InChI is InChI=1S/C22H25FN6O3S/c1-31-18-12-14(7-10-16(18)23)19(32-2)20(30)26-22-29-28-21(33-22)25-15-8-5-13(6-9-15)17-4-3-11-24-27-17/h3-4,7,10-13,15,19H,5-6,8-9H2,1-2H3,(H,25,28)(H,26,29,30)/t13-,15+,19-/m1/s1. The number of carbonyl (C=O) groups is 1. The SMILES string of the molecule is COc1cc([C@@H](OC)C(=O)Nc2nnc(N[C@H]3CC[C@@H](c4cccnn4)CC3)s2)ccc1F. The first-order valence-electron chi connectivity index (χ1n) is 10.6. The summed E-state index contributed by atoms with van der Waals surface area (Å²) in [6, 6.07) is 8.39. The summed E-state index contributed by atoms with van der Waals surface area (Å²) in [5, 5.41) is 23.5. The van der Waals surface area contributed by atoms with E-state index in [2.05, 4.69) is 31.0 Å². The minimum Gasteiger partial charge on any atom is -0.494 e. The van der Waals surface area contributed by atoms with Gasteiger partial charge in [0.05, 0.1) is 12.8 Å². The normalized spacial score (nSPS) is 19.0. The molecule has 0 saturated heterocycles. The average molecular weight is 473 g/mol. The van der Waals surface area contributed by atoms with E-state index >= 15 is 0 Å². The number of nitrogens with zero attached hydrogens (tertiary/aromatic N) is 4. The van der Waals surface area contributed by atoms with Gasteiger partial charge in [-0.1, -0.05) is 17.4 Å². The third-order valence-corrected chi connectivity index (χ3v) is 6.44. The van der Waals surface area contributed by atoms with Crippen molar-refractivity contribution in [1.29, 1.82) is 0 Å². The Labute approximate surface area is 194 Å². The molecule has 1 saturated carbocycles. The molecule has 11 heteroatoms. The molecule has 2 aromatic heterocycles. The quantitative estimate of drug-likeness (QED) is 0.507. The first-order valence-corrected chi connectivity index (χ1v) is 11.4. The minimum absolute atomic E-state index is 0.0405. The number of carbonyl (C=O) groups excluding carboxylic acids is 1. The fourth-order valence-corrected chi connectivity index (χ4v) is 4.70. The van der Waals surface area contributed by atoms with Crippen molar-refractivity contribution in [2.45, 2.75) is 43.7 Å². The lowest BCUT2D eigenvalue weighted by molar-refractivity contribution is -0.126. The number of hydrogen-bond donors (Lipinski definition) is 2. The number of benzene rings is 1. The molecule has 2 heterocycles. The highest BCUT2D eigenvalue weighted by Crippen LogP contribution is 2.34. The first kappa shape index (κ1) is 23.0. The summed E-state index contributed by atoms with van der Waals surface area (Å²) in [6.07, 6.45) is 4.76. The zero-order valence-electron chi connectivity index (χ0n) is 18.3. The van der Waals surface area contributed by atoms with Crippen molar-refractivity contribution in [3.63, 3.8) is 0 Å². The van der Waals surface area contributed by atoms with E-state index in [1.807, 2.05) is 12.1 Å². The molecule has 3 aromatic rings. The Morgan fingerprint density at radius 1 is 1.12 bits per heavy atom. The lowest BCUT2D eigenvalue weighted by Crippen LogP contribution is -2.25. The molecular weight excluding hydrogens is 447 g/mol. The summed E-state index contributed by atoms with van der Waals surface area (Å²) < 4.78 is 24.0. The molecule has 1 aliphatic rings. The molecule has 9 nitrogen and oxygen atoms in total. The number of halogens is 1. The molecule has 2 N–H and O–H groups in total. The van der Waals surface area contributed by atoms with E-state index < -0.39 is 17.8 Å². The fraction of sp³-hybridized carbons (Fsp3) is 0.409. The van der Waals surface area contributed by atoms with Crippen molar-refractivity contribution in [2.24, 2.45) is 0 Å². The second-order valence-electron chi connectivity index (χ2n) is 7.75. The summed E-state index contributed by atoms with van der Waals surface area (Å²) in [5.74, 6) is -0.476. The zero-order chi connectivity index (χ0) is 23.2. The van der Waals surface area contributed by atoms with Crippen molar-refractivity contribution < 1.29 is 18.7 Å². The van der Waals surface area contributed by atoms with Crippen molar-refractivity contribution in [1.82, 2.24) is 20.4 Å². The molecule has 33 heavy (non-hydrogen) atoms. The second kappa shape index (κ2) is 10.6. The Bertz CT molecular complexity index is 1080. The van der Waals surface area contributed by atoms with E-state index in [-0.39, 0.29) is 11.8 Å². The van der Waals surface area contributed by atoms with Crippen molar-refractivity contribution in [3.8, 4) is 5.75 Å². The minimum atomic E-state index is -0.948. The van der Waals surface area contributed by atoms with Gasteiger partial charge in [-0.2, -0.15) is 10.2 Å². The maximum atomic E-state index is 13.7. The number of ether oxygens (including phenoxy) is 2. The van der Waals surface area contributed by atoms with Gasteiger partial charge in [0.15, 0.2) is 17.7 Å². The number of rotatable bonds is 8. The van der Waals surface area contributed by atoms with Crippen LogP contribution in [0.25, 0.3) is 0 Å². The maximum absolute atomic E-state index is 13.7. The largest absolute Gasteiger partial charge is 0.494 e. The van der Waals surface area contributed by atoms with Gasteiger partial charge in [0, 0.05) is 25.3 Å². The van der Waals surface area contributed by atoms with E-state index in [1.54, 1.807) is 6.20 Å². The Morgan fingerprint density at radius 3 is 2.61 bits per heavy atom. The van der Waals surface area contributed by atoms with Crippen LogP contribution in [0.15, 0.2) is 36.5 Å². The van der Waals surface area contributed by atoms with Crippen molar-refractivity contribution in [3.05, 3.63) is 53.6 Å². The molecule has 0 aliphatic heterocycles. The van der Waals surface area contributed by atoms with Crippen LogP contribution in [0.4, 0.5) is 14.7 Å². The van der Waals surface area contributed by atoms with Crippen LogP contribution in [0, 0.1) is 5.82 Å². The average Bonchev–Trinajstić information content (AvgIpc) is 3.28. The van der Waals surface area contributed by atoms with Gasteiger partial charge in [0.2, 0.25) is 10.3 Å². The highest BCUT2D eigenvalue weighted by molar-refractivity contribution is 7.19. The number of anilines is 2. The smallest absolute Gasteiger partial charge is 0.259 e. The molecule has 1 amide bonds. The van der Waals surface area contributed by atoms with Crippen LogP contribution < -0.4 is 15.4 Å². The third kappa shape index (κ3) is 5.60. The Kier molecular flexibility index (Phi) is 7.40. The number of aromatic nitrogens is 4. The fourth-order valence-electron chi connectivity index (χ4n) is 3.98. The van der Waals surface area contributed by atoms with E-state index in [0.29, 0.717) is 21.7 Å². The molecule has 0 unspecified atom stereocenters. The monoisotopic (exact) mass is 472 g/mol. The first-order chi connectivity index (χ1) is 16.1. The Morgan fingerprint density at radius 2 is 1.91 bits per heavy atom.